The Balaban J connectivity index is 0.000000124. The molecule has 3 nitrogen and oxygen atoms in total. The molecule has 2 saturated heterocycles. The van der Waals surface area contributed by atoms with E-state index in [1.807, 2.05) is 0 Å². The lowest BCUT2D eigenvalue weighted by Gasteiger charge is -1.62. The first-order valence-electron chi connectivity index (χ1n) is 3.40. The Morgan fingerprint density at radius 2 is 1.60 bits per heavy atom. The van der Waals surface area contributed by atoms with Crippen molar-refractivity contribution in [2.45, 2.75) is 13.0 Å². The summed E-state index contributed by atoms with van der Waals surface area (Å²) in [6.45, 7) is 5.04. The molecule has 1 unspecified atom stereocenters. The molecule has 1 atom stereocenters. The molecule has 0 aliphatic carbocycles. The van der Waals surface area contributed by atoms with Crippen LogP contribution in [0.1, 0.15) is 6.92 Å². The summed E-state index contributed by atoms with van der Waals surface area (Å²) in [4.78, 5) is 0. The summed E-state index contributed by atoms with van der Waals surface area (Å²) < 4.78 is 13.7. The van der Waals surface area contributed by atoms with Crippen LogP contribution in [0.4, 0.5) is 0 Å². The lowest BCUT2D eigenvalue weighted by atomic mass is 10.6. The van der Waals surface area contributed by atoms with Gasteiger partial charge in [0, 0.05) is 0 Å². The van der Waals surface area contributed by atoms with Crippen LogP contribution in [0.3, 0.4) is 0 Å². The first-order chi connectivity index (χ1) is 4.81. The van der Waals surface area contributed by atoms with Gasteiger partial charge in [0.2, 0.25) is 0 Å². The van der Waals surface area contributed by atoms with Crippen molar-refractivity contribution >= 4 is 21.0 Å². The molecule has 0 spiro atoms. The zero-order chi connectivity index (χ0) is 7.82. The fourth-order valence-electron chi connectivity index (χ4n) is 0.0962. The van der Waals surface area contributed by atoms with Crippen molar-refractivity contribution in [2.75, 3.05) is 19.8 Å². The van der Waals surface area contributed by atoms with Gasteiger partial charge in [0.05, 0.1) is 25.9 Å². The van der Waals surface area contributed by atoms with Crippen molar-refractivity contribution in [3.05, 3.63) is 0 Å². The fourth-order valence-corrected chi connectivity index (χ4v) is 0.0962. The molecule has 0 aromatic carbocycles. The molecule has 0 bridgehead atoms. The number of hydrogen-bond acceptors (Lipinski definition) is 3. The zero-order valence-electron chi connectivity index (χ0n) is 6.92. The van der Waals surface area contributed by atoms with Crippen LogP contribution >= 0.6 is 0 Å². The monoisotopic (exact) mass is 180 g/mol. The molecule has 5 heteroatoms. The molecule has 0 aromatic heterocycles. The van der Waals surface area contributed by atoms with Crippen LogP contribution in [0.2, 0.25) is 0 Å². The van der Waals surface area contributed by atoms with Crippen molar-refractivity contribution in [1.82, 2.24) is 0 Å². The summed E-state index contributed by atoms with van der Waals surface area (Å²) >= 11 is 0. The van der Waals surface area contributed by atoms with Gasteiger partial charge >= 0.3 is 0 Å². The van der Waals surface area contributed by atoms with Gasteiger partial charge in [-0.2, -0.15) is 0 Å². The number of epoxide rings is 2. The minimum Gasteiger partial charge on any atom is -0.471 e. The number of rotatable bonds is 0. The van der Waals surface area contributed by atoms with E-state index in [1.165, 1.54) is 0 Å². The summed E-state index contributed by atoms with van der Waals surface area (Å²) in [5.41, 5.74) is 0. The highest BCUT2D eigenvalue weighted by atomic mass is 28.3. The van der Waals surface area contributed by atoms with E-state index >= 15 is 0 Å². The molecule has 62 valence electrons. The zero-order valence-corrected chi connectivity index (χ0v) is 10.9. The van der Waals surface area contributed by atoms with Crippen LogP contribution < -0.4 is 0 Å². The summed E-state index contributed by atoms with van der Waals surface area (Å²) in [6.07, 6.45) is 0.583. The molecule has 2 fully saturated rings. The third-order valence-electron chi connectivity index (χ3n) is 0.704. The first-order valence-corrected chi connectivity index (χ1v) is 5.04. The van der Waals surface area contributed by atoms with Crippen molar-refractivity contribution in [3.63, 3.8) is 0 Å². The second-order valence-corrected chi connectivity index (χ2v) is 5.43. The maximum absolute atomic E-state index is 4.71. The van der Waals surface area contributed by atoms with E-state index in [1.54, 1.807) is 0 Å². The van der Waals surface area contributed by atoms with E-state index in [-0.39, 0.29) is 0 Å². The van der Waals surface area contributed by atoms with Gasteiger partial charge in [-0.25, -0.2) is 0 Å². The highest BCUT2D eigenvalue weighted by Gasteiger charge is 2.13. The van der Waals surface area contributed by atoms with E-state index in [0.717, 1.165) is 40.8 Å². The van der Waals surface area contributed by atoms with E-state index < -0.39 is 0 Å². The van der Waals surface area contributed by atoms with Crippen LogP contribution in [-0.4, -0.2) is 46.9 Å². The van der Waals surface area contributed by atoms with Gasteiger partial charge in [0.15, 0.2) is 0 Å². The highest BCUT2D eigenvalue weighted by Crippen LogP contribution is 2.04. The summed E-state index contributed by atoms with van der Waals surface area (Å²) in [5, 5.41) is 0. The van der Waals surface area contributed by atoms with Crippen LogP contribution in [0, 0.1) is 0 Å². The van der Waals surface area contributed by atoms with Crippen LogP contribution in [0.25, 0.3) is 0 Å². The normalized spacial score (nSPS) is 25.5. The molecular formula is C5H16O3Si2. The summed E-state index contributed by atoms with van der Waals surface area (Å²) in [6, 6.07) is 0. The van der Waals surface area contributed by atoms with Gasteiger partial charge < -0.3 is 13.6 Å². The molecule has 0 saturated carbocycles. The topological polar surface area (TPSA) is 34.3 Å². The molecule has 0 amide bonds. The third kappa shape index (κ3) is 23.9. The molecule has 2 rings (SSSR count). The molecule has 2 aliphatic heterocycles. The number of hydrogen-bond donors (Lipinski definition) is 0. The van der Waals surface area contributed by atoms with Gasteiger partial charge in [0.1, 0.15) is 21.0 Å². The maximum Gasteiger partial charge on any atom is 0.129 e. The molecular weight excluding hydrogens is 164 g/mol. The minimum absolute atomic E-state index is 0.583. The molecule has 10 heavy (non-hydrogen) atoms. The largest absolute Gasteiger partial charge is 0.471 e. The van der Waals surface area contributed by atoms with Crippen molar-refractivity contribution in [2.24, 2.45) is 0 Å². The predicted molar refractivity (Wildman–Crippen MR) is 47.2 cm³/mol. The van der Waals surface area contributed by atoms with Gasteiger partial charge in [-0.15, -0.1) is 0 Å². The highest BCUT2D eigenvalue weighted by molar-refractivity contribution is 6.15. The van der Waals surface area contributed by atoms with Gasteiger partial charge in [-0.05, 0) is 6.92 Å². The lowest BCUT2D eigenvalue weighted by Crippen LogP contribution is -1.65. The van der Waals surface area contributed by atoms with E-state index in [0.29, 0.717) is 6.10 Å². The van der Waals surface area contributed by atoms with Crippen LogP contribution in [0.5, 0.6) is 0 Å². The van der Waals surface area contributed by atoms with Crippen LogP contribution in [0.15, 0.2) is 0 Å². The molecule has 0 radical (unpaired) electrons. The van der Waals surface area contributed by atoms with Crippen molar-refractivity contribution in [1.29, 1.82) is 0 Å². The minimum atomic E-state index is 0.583. The Bertz CT molecular complexity index is 63.2. The fraction of sp³-hybridized carbons (Fsp3) is 1.00. The summed E-state index contributed by atoms with van der Waals surface area (Å²) in [5.74, 6) is 0. The third-order valence-corrected chi connectivity index (χ3v) is 0.704. The first kappa shape index (κ1) is 10.3. The second kappa shape index (κ2) is 7.42. The quantitative estimate of drug-likeness (QED) is 0.319. The Morgan fingerprint density at radius 1 is 1.40 bits per heavy atom. The van der Waals surface area contributed by atoms with Gasteiger partial charge in [-0.1, -0.05) is 0 Å². The SMILES string of the molecule is C1CO1.CC1CO1.[SiH3]O[SiH3]. The average molecular weight is 180 g/mol. The molecule has 2 heterocycles. The van der Waals surface area contributed by atoms with E-state index in [9.17, 15) is 0 Å². The van der Waals surface area contributed by atoms with Gasteiger partial charge in [0.25, 0.3) is 0 Å². The number of ether oxygens (including phenoxy) is 2. The Morgan fingerprint density at radius 3 is 1.60 bits per heavy atom. The van der Waals surface area contributed by atoms with E-state index in [4.69, 9.17) is 4.74 Å². The van der Waals surface area contributed by atoms with E-state index in [2.05, 4.69) is 15.8 Å². The predicted octanol–water partition coefficient (Wildman–Crippen LogP) is -2.01. The van der Waals surface area contributed by atoms with Crippen molar-refractivity contribution in [3.8, 4) is 0 Å². The van der Waals surface area contributed by atoms with Crippen molar-refractivity contribution < 1.29 is 13.6 Å². The Labute approximate surface area is 68.1 Å². The molecule has 0 aromatic rings. The summed E-state index contributed by atoms with van der Waals surface area (Å²) in [7, 11) is 1.86. The molecule has 2 aliphatic rings. The lowest BCUT2D eigenvalue weighted by molar-refractivity contribution is 0.423. The average Bonchev–Trinajstić information content (AvgIpc) is 2.63. The smallest absolute Gasteiger partial charge is 0.129 e. The molecule has 0 N–H and O–H groups in total. The van der Waals surface area contributed by atoms with Gasteiger partial charge in [-0.3, -0.25) is 0 Å². The standard InChI is InChI=1S/C3H6O.C2H4O.H6OSi2/c1-3-2-4-3;1-2-3-1;2-1-3/h3H,2H2,1H3;1-2H2;2-3H3. The maximum atomic E-state index is 4.71. The second-order valence-electron chi connectivity index (χ2n) is 2.16. The Kier molecular flexibility index (Phi) is 7.65. The van der Waals surface area contributed by atoms with Crippen LogP contribution in [-0.2, 0) is 13.6 Å². The Hall–Kier alpha value is 0.314.